The minimum absolute atomic E-state index is 1.01. The van der Waals surface area contributed by atoms with Gasteiger partial charge in [-0.3, -0.25) is 0 Å². The summed E-state index contributed by atoms with van der Waals surface area (Å²) in [7, 11) is 2.26. The first-order chi connectivity index (χ1) is 7.83. The van der Waals surface area contributed by atoms with Crippen LogP contribution in [-0.2, 0) is 0 Å². The molecule has 0 amide bonds. The molecule has 96 valence electrons. The maximum atomic E-state index is 3.46. The molecule has 1 fully saturated rings. The van der Waals surface area contributed by atoms with E-state index >= 15 is 0 Å². The number of rotatable bonds is 8. The number of thioether (sulfide) groups is 1. The first-order valence-corrected chi connectivity index (χ1v) is 7.95. The molecule has 1 aliphatic rings. The van der Waals surface area contributed by atoms with Crippen LogP contribution in [0.4, 0.5) is 0 Å². The second-order valence-electron chi connectivity index (χ2n) is 4.90. The van der Waals surface area contributed by atoms with Gasteiger partial charge in [0.05, 0.1) is 0 Å². The SMILES string of the molecule is CCCNCCN(C)CCC1CCSCC1. The molecule has 1 heterocycles. The highest BCUT2D eigenvalue weighted by atomic mass is 32.2. The van der Waals surface area contributed by atoms with Crippen LogP contribution in [0.25, 0.3) is 0 Å². The molecule has 0 aromatic carbocycles. The van der Waals surface area contributed by atoms with E-state index in [9.17, 15) is 0 Å². The fourth-order valence-corrected chi connectivity index (χ4v) is 3.33. The molecule has 0 spiro atoms. The Morgan fingerprint density at radius 3 is 2.62 bits per heavy atom. The van der Waals surface area contributed by atoms with Crippen LogP contribution < -0.4 is 5.32 Å². The number of hydrogen-bond donors (Lipinski definition) is 1. The van der Waals surface area contributed by atoms with Crippen molar-refractivity contribution in [3.8, 4) is 0 Å². The van der Waals surface area contributed by atoms with Gasteiger partial charge in [-0.25, -0.2) is 0 Å². The van der Waals surface area contributed by atoms with Gasteiger partial charge in [-0.05, 0) is 63.2 Å². The molecule has 0 saturated carbocycles. The van der Waals surface area contributed by atoms with E-state index in [1.165, 1.54) is 50.3 Å². The molecule has 16 heavy (non-hydrogen) atoms. The largest absolute Gasteiger partial charge is 0.315 e. The second kappa shape index (κ2) is 9.32. The van der Waals surface area contributed by atoms with Crippen LogP contribution in [0.1, 0.15) is 32.6 Å². The van der Waals surface area contributed by atoms with E-state index in [1.807, 2.05) is 0 Å². The highest BCUT2D eigenvalue weighted by Crippen LogP contribution is 2.25. The Kier molecular flexibility index (Phi) is 8.34. The van der Waals surface area contributed by atoms with Crippen molar-refractivity contribution in [2.75, 3.05) is 44.7 Å². The molecular formula is C13H28N2S. The maximum absolute atomic E-state index is 3.46. The van der Waals surface area contributed by atoms with E-state index in [-0.39, 0.29) is 0 Å². The Bertz CT molecular complexity index is 158. The Hall–Kier alpha value is 0.270. The van der Waals surface area contributed by atoms with E-state index in [4.69, 9.17) is 0 Å². The van der Waals surface area contributed by atoms with Gasteiger partial charge in [-0.1, -0.05) is 6.92 Å². The highest BCUT2D eigenvalue weighted by molar-refractivity contribution is 7.99. The molecule has 0 aromatic rings. The van der Waals surface area contributed by atoms with Gasteiger partial charge in [0.1, 0.15) is 0 Å². The predicted octanol–water partition coefficient (Wildman–Crippen LogP) is 2.45. The fraction of sp³-hybridized carbons (Fsp3) is 1.00. The number of nitrogens with one attached hydrogen (secondary N) is 1. The summed E-state index contributed by atoms with van der Waals surface area (Å²) in [6.07, 6.45) is 5.55. The van der Waals surface area contributed by atoms with Crippen LogP contribution in [0.3, 0.4) is 0 Å². The van der Waals surface area contributed by atoms with Gasteiger partial charge >= 0.3 is 0 Å². The minimum atomic E-state index is 1.01. The van der Waals surface area contributed by atoms with Crippen molar-refractivity contribution >= 4 is 11.8 Å². The number of likely N-dealkylation sites (N-methyl/N-ethyl adjacent to an activating group) is 1. The van der Waals surface area contributed by atoms with Gasteiger partial charge in [0, 0.05) is 13.1 Å². The topological polar surface area (TPSA) is 15.3 Å². The lowest BCUT2D eigenvalue weighted by molar-refractivity contribution is 0.292. The molecule has 1 N–H and O–H groups in total. The van der Waals surface area contributed by atoms with Crippen LogP contribution in [-0.4, -0.2) is 49.6 Å². The lowest BCUT2D eigenvalue weighted by Gasteiger charge is -2.24. The normalized spacial score (nSPS) is 18.2. The van der Waals surface area contributed by atoms with Crippen molar-refractivity contribution in [1.82, 2.24) is 10.2 Å². The monoisotopic (exact) mass is 244 g/mol. The predicted molar refractivity (Wildman–Crippen MR) is 75.3 cm³/mol. The Balaban J connectivity index is 1.94. The summed E-state index contributed by atoms with van der Waals surface area (Å²) in [5.74, 6) is 3.80. The number of hydrogen-bond acceptors (Lipinski definition) is 3. The van der Waals surface area contributed by atoms with E-state index < -0.39 is 0 Å². The minimum Gasteiger partial charge on any atom is -0.315 e. The first kappa shape index (κ1) is 14.3. The summed E-state index contributed by atoms with van der Waals surface area (Å²) in [5.41, 5.74) is 0. The Morgan fingerprint density at radius 1 is 1.19 bits per heavy atom. The third-order valence-corrected chi connectivity index (χ3v) is 4.41. The molecule has 0 aromatic heterocycles. The van der Waals surface area contributed by atoms with Gasteiger partial charge in [0.2, 0.25) is 0 Å². The molecule has 0 bridgehead atoms. The Labute approximate surface area is 106 Å². The maximum Gasteiger partial charge on any atom is 0.0104 e. The fourth-order valence-electron chi connectivity index (χ4n) is 2.12. The standard InChI is InChI=1S/C13H28N2S/c1-3-7-14-8-10-15(2)9-4-13-5-11-16-12-6-13/h13-14H,3-12H2,1-2H3. The summed E-state index contributed by atoms with van der Waals surface area (Å²) in [6, 6.07) is 0. The van der Waals surface area contributed by atoms with Crippen LogP contribution >= 0.6 is 11.8 Å². The van der Waals surface area contributed by atoms with Crippen LogP contribution in [0, 0.1) is 5.92 Å². The van der Waals surface area contributed by atoms with Gasteiger partial charge in [0.15, 0.2) is 0 Å². The van der Waals surface area contributed by atoms with Gasteiger partial charge < -0.3 is 10.2 Å². The van der Waals surface area contributed by atoms with Crippen molar-refractivity contribution in [3.05, 3.63) is 0 Å². The van der Waals surface area contributed by atoms with Gasteiger partial charge in [-0.2, -0.15) is 11.8 Å². The molecular weight excluding hydrogens is 216 g/mol. The van der Waals surface area contributed by atoms with Gasteiger partial charge in [0.25, 0.3) is 0 Å². The first-order valence-electron chi connectivity index (χ1n) is 6.80. The zero-order valence-corrected chi connectivity index (χ0v) is 11.8. The number of nitrogens with zero attached hydrogens (tertiary/aromatic N) is 1. The molecule has 3 heteroatoms. The molecule has 1 rings (SSSR count). The van der Waals surface area contributed by atoms with Crippen LogP contribution in [0.2, 0.25) is 0 Å². The third-order valence-electron chi connectivity index (χ3n) is 3.36. The molecule has 0 aliphatic carbocycles. The van der Waals surface area contributed by atoms with E-state index in [1.54, 1.807) is 0 Å². The highest BCUT2D eigenvalue weighted by Gasteiger charge is 2.13. The summed E-state index contributed by atoms with van der Waals surface area (Å²) in [5, 5.41) is 3.46. The molecule has 1 saturated heterocycles. The summed E-state index contributed by atoms with van der Waals surface area (Å²) in [4.78, 5) is 2.48. The van der Waals surface area contributed by atoms with Gasteiger partial charge in [-0.15, -0.1) is 0 Å². The average molecular weight is 244 g/mol. The van der Waals surface area contributed by atoms with E-state index in [2.05, 4.69) is 35.9 Å². The van der Waals surface area contributed by atoms with Crippen molar-refractivity contribution in [3.63, 3.8) is 0 Å². The molecule has 0 unspecified atom stereocenters. The molecule has 2 nitrogen and oxygen atoms in total. The van der Waals surface area contributed by atoms with Crippen molar-refractivity contribution in [2.45, 2.75) is 32.6 Å². The summed E-state index contributed by atoms with van der Waals surface area (Å²) >= 11 is 2.13. The smallest absolute Gasteiger partial charge is 0.0104 e. The summed E-state index contributed by atoms with van der Waals surface area (Å²) in [6.45, 7) is 7.00. The van der Waals surface area contributed by atoms with Crippen LogP contribution in [0.15, 0.2) is 0 Å². The van der Waals surface area contributed by atoms with E-state index in [0.717, 1.165) is 19.0 Å². The quantitative estimate of drug-likeness (QED) is 0.660. The van der Waals surface area contributed by atoms with E-state index in [0.29, 0.717) is 0 Å². The Morgan fingerprint density at radius 2 is 1.94 bits per heavy atom. The second-order valence-corrected chi connectivity index (χ2v) is 6.12. The average Bonchev–Trinajstić information content (AvgIpc) is 2.33. The van der Waals surface area contributed by atoms with Crippen molar-refractivity contribution in [1.29, 1.82) is 0 Å². The zero-order valence-electron chi connectivity index (χ0n) is 11.0. The zero-order chi connectivity index (χ0) is 11.6. The lowest BCUT2D eigenvalue weighted by atomic mass is 9.99. The molecule has 0 atom stereocenters. The summed E-state index contributed by atoms with van der Waals surface area (Å²) < 4.78 is 0. The van der Waals surface area contributed by atoms with Crippen molar-refractivity contribution in [2.24, 2.45) is 5.92 Å². The third kappa shape index (κ3) is 6.77. The molecule has 1 aliphatic heterocycles. The van der Waals surface area contributed by atoms with Crippen LogP contribution in [0.5, 0.6) is 0 Å². The lowest BCUT2D eigenvalue weighted by Crippen LogP contribution is -2.31. The molecule has 0 radical (unpaired) electrons. The van der Waals surface area contributed by atoms with Crippen molar-refractivity contribution < 1.29 is 0 Å².